The first kappa shape index (κ1) is 21.5. The number of methoxy groups -OCH3 is 1. The van der Waals surface area contributed by atoms with E-state index in [0.29, 0.717) is 42.7 Å². The summed E-state index contributed by atoms with van der Waals surface area (Å²) in [5.74, 6) is 0.522. The van der Waals surface area contributed by atoms with Crippen molar-refractivity contribution in [2.45, 2.75) is 44.7 Å². The Hall–Kier alpha value is -2.23. The second-order valence-corrected chi connectivity index (χ2v) is 9.31. The summed E-state index contributed by atoms with van der Waals surface area (Å²) < 4.78 is 34.9. The third-order valence-electron chi connectivity index (χ3n) is 5.00. The molecule has 29 heavy (non-hydrogen) atoms. The topological polar surface area (TPSA) is 93.5 Å². The number of amides is 1. The number of hydrogen-bond acceptors (Lipinski definition) is 5. The van der Waals surface area contributed by atoms with Crippen LogP contribution >= 0.6 is 0 Å². The molecule has 1 aromatic carbocycles. The van der Waals surface area contributed by atoms with Crippen LogP contribution in [0.15, 0.2) is 29.3 Å². The van der Waals surface area contributed by atoms with Crippen molar-refractivity contribution in [2.24, 2.45) is 0 Å². The third-order valence-corrected chi connectivity index (χ3v) is 6.94. The van der Waals surface area contributed by atoms with Crippen molar-refractivity contribution in [3.8, 4) is 0 Å². The van der Waals surface area contributed by atoms with E-state index in [1.807, 2.05) is 37.6 Å². The maximum absolute atomic E-state index is 13.3. The molecule has 2 heterocycles. The molecule has 1 atom stereocenters. The summed E-state index contributed by atoms with van der Waals surface area (Å²) in [6, 6.07) is 4.94. The van der Waals surface area contributed by atoms with Crippen molar-refractivity contribution in [3.05, 3.63) is 47.0 Å². The van der Waals surface area contributed by atoms with Gasteiger partial charge >= 0.3 is 0 Å². The zero-order valence-electron chi connectivity index (χ0n) is 17.3. The Morgan fingerprint density at radius 2 is 1.93 bits per heavy atom. The zero-order chi connectivity index (χ0) is 21.2. The lowest BCUT2D eigenvalue weighted by Gasteiger charge is -2.32. The number of hydrogen-bond donors (Lipinski definition) is 1. The Labute approximate surface area is 171 Å². The predicted octanol–water partition coefficient (Wildman–Crippen LogP) is 1.57. The van der Waals surface area contributed by atoms with Gasteiger partial charge in [-0.2, -0.15) is 4.31 Å². The molecule has 0 bridgehead atoms. The molecule has 0 radical (unpaired) electrons. The molecule has 0 aliphatic carbocycles. The number of fused-ring (bicyclic) bond motifs is 1. The van der Waals surface area contributed by atoms with Crippen LogP contribution in [0, 0.1) is 13.8 Å². The number of carbonyl (C=O) groups excluding carboxylic acids is 1. The summed E-state index contributed by atoms with van der Waals surface area (Å²) >= 11 is 0. The number of nitrogens with zero attached hydrogens (tertiary/aromatic N) is 3. The predicted molar refractivity (Wildman–Crippen MR) is 109 cm³/mol. The van der Waals surface area contributed by atoms with Gasteiger partial charge in [-0.3, -0.25) is 4.79 Å². The fraction of sp³-hybridized carbons (Fsp3) is 0.500. The molecular formula is C20H28N4O4S. The van der Waals surface area contributed by atoms with Crippen molar-refractivity contribution in [3.63, 3.8) is 0 Å². The lowest BCUT2D eigenvalue weighted by molar-refractivity contribution is -0.120. The Kier molecular flexibility index (Phi) is 6.40. The number of rotatable bonds is 7. The van der Waals surface area contributed by atoms with Gasteiger partial charge in [0, 0.05) is 32.9 Å². The van der Waals surface area contributed by atoms with Crippen LogP contribution in [0.25, 0.3) is 0 Å². The van der Waals surface area contributed by atoms with Crippen LogP contribution in [0.4, 0.5) is 0 Å². The molecule has 1 N–H and O–H groups in total. The molecule has 0 fully saturated rings. The first-order chi connectivity index (χ1) is 13.7. The number of imidazole rings is 1. The maximum Gasteiger partial charge on any atom is 0.243 e. The maximum atomic E-state index is 13.3. The molecule has 1 amide bonds. The summed E-state index contributed by atoms with van der Waals surface area (Å²) in [5, 5.41) is 2.77. The van der Waals surface area contributed by atoms with Gasteiger partial charge < -0.3 is 14.6 Å². The SMILES string of the molecule is COCCNC(=O)Cc1cn2c(n1)[C@@H](C)N(S(=O)(=O)c1cc(C)cc(C)c1)CC2. The van der Waals surface area contributed by atoms with Gasteiger partial charge in [-0.15, -0.1) is 0 Å². The first-order valence-electron chi connectivity index (χ1n) is 9.64. The average Bonchev–Trinajstić information content (AvgIpc) is 3.04. The van der Waals surface area contributed by atoms with Gasteiger partial charge in [-0.25, -0.2) is 13.4 Å². The summed E-state index contributed by atoms with van der Waals surface area (Å²) in [6.45, 7) is 7.38. The van der Waals surface area contributed by atoms with E-state index in [4.69, 9.17) is 4.74 Å². The van der Waals surface area contributed by atoms with Gasteiger partial charge in [0.2, 0.25) is 15.9 Å². The molecule has 0 saturated heterocycles. The average molecular weight is 421 g/mol. The van der Waals surface area contributed by atoms with E-state index in [1.165, 1.54) is 4.31 Å². The van der Waals surface area contributed by atoms with Crippen molar-refractivity contribution in [1.82, 2.24) is 19.2 Å². The molecule has 158 valence electrons. The van der Waals surface area contributed by atoms with Crippen molar-refractivity contribution < 1.29 is 17.9 Å². The highest BCUT2D eigenvalue weighted by Gasteiger charge is 2.35. The smallest absolute Gasteiger partial charge is 0.243 e. The second kappa shape index (κ2) is 8.64. The summed E-state index contributed by atoms with van der Waals surface area (Å²) in [7, 11) is -2.06. The van der Waals surface area contributed by atoms with Crippen LogP contribution in [0.1, 0.15) is 35.6 Å². The minimum Gasteiger partial charge on any atom is -0.383 e. The van der Waals surface area contributed by atoms with Crippen LogP contribution < -0.4 is 5.32 Å². The minimum absolute atomic E-state index is 0.134. The Bertz CT molecular complexity index is 980. The lowest BCUT2D eigenvalue weighted by atomic mass is 10.2. The van der Waals surface area contributed by atoms with Gasteiger partial charge in [-0.1, -0.05) is 6.07 Å². The summed E-state index contributed by atoms with van der Waals surface area (Å²) in [6.07, 6.45) is 1.99. The van der Waals surface area contributed by atoms with Gasteiger partial charge in [0.25, 0.3) is 0 Å². The van der Waals surface area contributed by atoms with E-state index >= 15 is 0 Å². The molecule has 8 nitrogen and oxygen atoms in total. The highest BCUT2D eigenvalue weighted by atomic mass is 32.2. The second-order valence-electron chi connectivity index (χ2n) is 7.42. The molecule has 1 aromatic heterocycles. The molecular weight excluding hydrogens is 392 g/mol. The van der Waals surface area contributed by atoms with Crippen LogP contribution in [0.5, 0.6) is 0 Å². The fourth-order valence-corrected chi connectivity index (χ4v) is 5.45. The minimum atomic E-state index is -3.64. The van der Waals surface area contributed by atoms with Gasteiger partial charge in [-0.05, 0) is 44.0 Å². The molecule has 1 aliphatic rings. The van der Waals surface area contributed by atoms with Crippen LogP contribution in [-0.2, 0) is 32.5 Å². The van der Waals surface area contributed by atoms with Gasteiger partial charge in [0.05, 0.1) is 29.7 Å². The van der Waals surface area contributed by atoms with E-state index in [1.54, 1.807) is 19.2 Å². The third kappa shape index (κ3) is 4.68. The fourth-order valence-electron chi connectivity index (χ4n) is 3.68. The Balaban J connectivity index is 1.79. The van der Waals surface area contributed by atoms with Crippen LogP contribution in [0.2, 0.25) is 0 Å². The highest BCUT2D eigenvalue weighted by molar-refractivity contribution is 7.89. The Morgan fingerprint density at radius 3 is 2.59 bits per heavy atom. The number of nitrogens with one attached hydrogen (secondary N) is 1. The standard InChI is InChI=1S/C20H28N4O4S/c1-14-9-15(2)11-18(10-14)29(26,27)24-7-6-23-13-17(22-20(23)16(24)3)12-19(25)21-5-8-28-4/h9-11,13,16H,5-8,12H2,1-4H3,(H,21,25)/t16-/m1/s1. The van der Waals surface area contributed by atoms with Crippen molar-refractivity contribution in [2.75, 3.05) is 26.8 Å². The van der Waals surface area contributed by atoms with E-state index in [0.717, 1.165) is 11.1 Å². The van der Waals surface area contributed by atoms with E-state index in [-0.39, 0.29) is 12.3 Å². The summed E-state index contributed by atoms with van der Waals surface area (Å²) in [5.41, 5.74) is 2.46. The van der Waals surface area contributed by atoms with Crippen LogP contribution in [-0.4, -0.2) is 55.0 Å². The normalized spacial score (nSPS) is 17.2. The van der Waals surface area contributed by atoms with Crippen molar-refractivity contribution >= 4 is 15.9 Å². The zero-order valence-corrected chi connectivity index (χ0v) is 18.1. The monoisotopic (exact) mass is 420 g/mol. The van der Waals surface area contributed by atoms with E-state index < -0.39 is 16.1 Å². The van der Waals surface area contributed by atoms with Crippen LogP contribution in [0.3, 0.4) is 0 Å². The number of ether oxygens (including phenoxy) is 1. The first-order valence-corrected chi connectivity index (χ1v) is 11.1. The van der Waals surface area contributed by atoms with Gasteiger partial charge in [0.1, 0.15) is 5.82 Å². The quantitative estimate of drug-likeness (QED) is 0.687. The molecule has 0 saturated carbocycles. The number of carbonyl (C=O) groups is 1. The van der Waals surface area contributed by atoms with E-state index in [9.17, 15) is 13.2 Å². The Morgan fingerprint density at radius 1 is 1.24 bits per heavy atom. The van der Waals surface area contributed by atoms with Gasteiger partial charge in [0.15, 0.2) is 0 Å². The number of sulfonamides is 1. The summed E-state index contributed by atoms with van der Waals surface area (Å²) in [4.78, 5) is 16.9. The van der Waals surface area contributed by atoms with E-state index in [2.05, 4.69) is 10.3 Å². The molecule has 9 heteroatoms. The molecule has 0 unspecified atom stereocenters. The number of aromatic nitrogens is 2. The molecule has 3 rings (SSSR count). The lowest BCUT2D eigenvalue weighted by Crippen LogP contribution is -2.41. The molecule has 2 aromatic rings. The highest BCUT2D eigenvalue weighted by Crippen LogP contribution is 2.31. The largest absolute Gasteiger partial charge is 0.383 e. The van der Waals surface area contributed by atoms with Crippen molar-refractivity contribution in [1.29, 1.82) is 0 Å². The number of benzene rings is 1. The molecule has 0 spiro atoms. The number of aryl methyl sites for hydroxylation is 2. The molecule has 1 aliphatic heterocycles.